The predicted octanol–water partition coefficient (Wildman–Crippen LogP) is 1.25. The lowest BCUT2D eigenvalue weighted by Gasteiger charge is -2.03. The zero-order chi connectivity index (χ0) is 33.2. The second-order valence-electron chi connectivity index (χ2n) is 7.67. The van der Waals surface area contributed by atoms with Crippen molar-refractivity contribution in [3.8, 4) is 0 Å². The smallest absolute Gasteiger partial charge is 0.310 e. The van der Waals surface area contributed by atoms with Gasteiger partial charge in [-0.15, -0.1) is 12.4 Å². The molecule has 0 amide bonds. The van der Waals surface area contributed by atoms with E-state index in [0.29, 0.717) is 6.42 Å². The van der Waals surface area contributed by atoms with Crippen LogP contribution in [0.25, 0.3) is 0 Å². The van der Waals surface area contributed by atoms with Gasteiger partial charge in [-0.1, -0.05) is 42.3 Å². The van der Waals surface area contributed by atoms with Crippen LogP contribution >= 0.6 is 12.4 Å². The Morgan fingerprint density at radius 3 is 1.23 bits per heavy atom. The quantitative estimate of drug-likeness (QED) is 0.219. The van der Waals surface area contributed by atoms with Crippen LogP contribution in [0.2, 0.25) is 0 Å². The summed E-state index contributed by atoms with van der Waals surface area (Å²) < 4.78 is 79.7. The molecule has 11 nitrogen and oxygen atoms in total. The van der Waals surface area contributed by atoms with Crippen LogP contribution in [0.4, 0.5) is 8.78 Å². The number of aryl methyl sites for hydroxylation is 2. The minimum absolute atomic E-state index is 0. The highest BCUT2D eigenvalue weighted by atomic mass is 35.5. The summed E-state index contributed by atoms with van der Waals surface area (Å²) in [4.78, 5) is 19.9. The lowest BCUT2D eigenvalue weighted by Crippen LogP contribution is -3.00. The summed E-state index contributed by atoms with van der Waals surface area (Å²) in [5, 5.41) is 15.9. The van der Waals surface area contributed by atoms with E-state index in [4.69, 9.17) is 10.2 Å². The number of esters is 2. The molecule has 0 fully saturated rings. The number of hydrogen-bond donors (Lipinski definition) is 2. The molecule has 0 aliphatic rings. The topological polar surface area (TPSA) is 171 Å². The number of rotatable bonds is 9. The van der Waals surface area contributed by atoms with Gasteiger partial charge in [-0.05, 0) is 51.5 Å². The van der Waals surface area contributed by atoms with Gasteiger partial charge in [0.05, 0.1) is 42.9 Å². The Kier molecular flexibility index (Phi) is 35.3. The van der Waals surface area contributed by atoms with Gasteiger partial charge < -0.3 is 19.7 Å². The molecule has 17 heteroatoms. The first-order valence-corrected chi connectivity index (χ1v) is 15.3. The third-order valence-electron chi connectivity index (χ3n) is 3.78. The first-order chi connectivity index (χ1) is 19.6. The molecule has 0 radical (unpaired) electrons. The third kappa shape index (κ3) is 29.5. The molecule has 0 spiro atoms. The van der Waals surface area contributed by atoms with E-state index in [1.165, 1.54) is 26.0 Å². The molecule has 2 rings (SSSR count). The molecule has 0 saturated heterocycles. The minimum Gasteiger partial charge on any atom is -1.00 e. The van der Waals surface area contributed by atoms with Gasteiger partial charge in [0, 0.05) is 13.8 Å². The first kappa shape index (κ1) is 51.0. The monoisotopic (exact) mass is 699 g/mol. The Balaban J connectivity index is -0.000000156. The van der Waals surface area contributed by atoms with E-state index >= 15 is 0 Å². The van der Waals surface area contributed by atoms with E-state index in [9.17, 15) is 35.2 Å². The van der Waals surface area contributed by atoms with Crippen molar-refractivity contribution in [2.75, 3.05) is 39.8 Å². The number of carbonyl (C=O) groups excluding carboxylic acids is 2. The van der Waals surface area contributed by atoms with Gasteiger partial charge in [0.1, 0.15) is 6.67 Å². The fraction of sp³-hybridized carbons (Fsp3) is 0.481. The molecule has 0 atom stereocenters. The van der Waals surface area contributed by atoms with E-state index in [-0.39, 0.29) is 60.0 Å². The maximum absolute atomic E-state index is 11.4. The molecular formula is C27H43ClF3O11S2-. The number of ether oxygens (including phenoxy) is 1. The maximum atomic E-state index is 11.4. The van der Waals surface area contributed by atoms with Crippen LogP contribution in [-0.4, -0.2) is 78.8 Å². The Hall–Kier alpha value is -2.60. The fourth-order valence-electron chi connectivity index (χ4n) is 2.05. The highest BCUT2D eigenvalue weighted by molar-refractivity contribution is 7.87. The van der Waals surface area contributed by atoms with Gasteiger partial charge in [-0.3, -0.25) is 22.3 Å². The molecule has 44 heavy (non-hydrogen) atoms. The lowest BCUT2D eigenvalue weighted by molar-refractivity contribution is -0.156. The Morgan fingerprint density at radius 1 is 0.705 bits per heavy atom. The SMILES string of the molecule is CC(=O)OC(C)=O.CCCF.CCOS(=O)(=O)c1ccc(C)cc1.Cc1ccc(S(=O)(=O)OCCO)cc1.Cl.OCCF.[F-]. The zero-order valence-electron chi connectivity index (χ0n) is 25.5. The van der Waals surface area contributed by atoms with Crippen LogP contribution in [0.5, 0.6) is 0 Å². The second kappa shape index (κ2) is 30.4. The van der Waals surface area contributed by atoms with Crippen LogP contribution < -0.4 is 4.70 Å². The van der Waals surface area contributed by atoms with Crippen molar-refractivity contribution in [1.29, 1.82) is 0 Å². The van der Waals surface area contributed by atoms with Crippen molar-refractivity contribution in [2.24, 2.45) is 0 Å². The largest absolute Gasteiger partial charge is 1.00 e. The van der Waals surface area contributed by atoms with Crippen LogP contribution in [0, 0.1) is 13.8 Å². The molecule has 2 aromatic carbocycles. The summed E-state index contributed by atoms with van der Waals surface area (Å²) in [5.74, 6) is -1.12. The molecule has 0 saturated carbocycles. The highest BCUT2D eigenvalue weighted by Gasteiger charge is 2.14. The molecule has 2 N–H and O–H groups in total. The van der Waals surface area contributed by atoms with Crippen molar-refractivity contribution < 1.29 is 63.2 Å². The van der Waals surface area contributed by atoms with Crippen molar-refractivity contribution in [2.45, 2.75) is 57.8 Å². The van der Waals surface area contributed by atoms with Crippen molar-refractivity contribution in [3.05, 3.63) is 59.7 Å². The molecule has 0 aliphatic heterocycles. The normalized spacial score (nSPS) is 9.68. The molecule has 0 unspecified atom stereocenters. The van der Waals surface area contributed by atoms with E-state index in [0.717, 1.165) is 11.1 Å². The first-order valence-electron chi connectivity index (χ1n) is 12.5. The number of aliphatic hydroxyl groups excluding tert-OH is 2. The van der Waals surface area contributed by atoms with Gasteiger partial charge in [-0.25, -0.2) is 4.39 Å². The van der Waals surface area contributed by atoms with E-state index in [1.54, 1.807) is 50.2 Å². The third-order valence-corrected chi connectivity index (χ3v) is 6.51. The summed E-state index contributed by atoms with van der Waals surface area (Å²) in [6.45, 7) is 8.06. The number of hydrogen-bond acceptors (Lipinski definition) is 11. The van der Waals surface area contributed by atoms with Crippen LogP contribution in [-0.2, 0) is 42.9 Å². The van der Waals surface area contributed by atoms with Gasteiger partial charge in [-0.2, -0.15) is 16.8 Å². The second-order valence-corrected chi connectivity index (χ2v) is 10.9. The Morgan fingerprint density at radius 2 is 1.02 bits per heavy atom. The average Bonchev–Trinajstić information content (AvgIpc) is 2.92. The van der Waals surface area contributed by atoms with Crippen LogP contribution in [0.3, 0.4) is 0 Å². The van der Waals surface area contributed by atoms with Crippen LogP contribution in [0.15, 0.2) is 58.3 Å². The minimum atomic E-state index is -3.70. The fourth-order valence-corrected chi connectivity index (χ4v) is 3.87. The number of alkyl halides is 2. The maximum Gasteiger partial charge on any atom is 0.310 e. The summed E-state index contributed by atoms with van der Waals surface area (Å²) in [6.07, 6.45) is 0.653. The van der Waals surface area contributed by atoms with E-state index in [2.05, 4.69) is 13.1 Å². The average molecular weight is 700 g/mol. The standard InChI is InChI=1S/C9H12O4S.C9H12O3S.C4H6O3.C3H7F.C2H5FO.ClH.FH/c1-8-2-4-9(5-3-8)14(11,12)13-7-6-10;1-3-12-13(10,11)9-6-4-8(2)5-7-9;1-3(5)7-4(2)6;1-2-3-4;3-1-2-4;;/h2-5,10H,6-7H2,1H3;4-7H,3H2,1-2H3;1-2H3;2-3H2,1H3;4H,1-2H2;2*1H/p-1. The van der Waals surface area contributed by atoms with Crippen molar-refractivity contribution in [1.82, 2.24) is 0 Å². The molecule has 0 aromatic heterocycles. The van der Waals surface area contributed by atoms with E-state index in [1.807, 2.05) is 13.8 Å². The summed E-state index contributed by atoms with van der Waals surface area (Å²) in [7, 11) is -7.23. The highest BCUT2D eigenvalue weighted by Crippen LogP contribution is 2.13. The number of aliphatic hydroxyl groups is 2. The Labute approximate surface area is 264 Å². The van der Waals surface area contributed by atoms with Gasteiger partial charge >= 0.3 is 11.9 Å². The van der Waals surface area contributed by atoms with Gasteiger partial charge in [0.25, 0.3) is 20.2 Å². The summed E-state index contributed by atoms with van der Waals surface area (Å²) in [6, 6.07) is 12.9. The molecule has 0 bridgehead atoms. The van der Waals surface area contributed by atoms with E-state index < -0.39 is 38.8 Å². The molecular weight excluding hydrogens is 657 g/mol. The van der Waals surface area contributed by atoms with Crippen LogP contribution in [0.1, 0.15) is 45.2 Å². The van der Waals surface area contributed by atoms with Gasteiger partial charge in [0.2, 0.25) is 0 Å². The van der Waals surface area contributed by atoms with Crippen molar-refractivity contribution in [3.63, 3.8) is 0 Å². The van der Waals surface area contributed by atoms with Gasteiger partial charge in [0.15, 0.2) is 0 Å². The predicted molar refractivity (Wildman–Crippen MR) is 160 cm³/mol. The molecule has 258 valence electrons. The Bertz CT molecular complexity index is 1180. The molecule has 0 heterocycles. The molecule has 0 aliphatic carbocycles. The van der Waals surface area contributed by atoms with Crippen molar-refractivity contribution >= 4 is 44.6 Å². The number of carbonyl (C=O) groups is 2. The zero-order valence-corrected chi connectivity index (χ0v) is 27.9. The lowest BCUT2D eigenvalue weighted by atomic mass is 10.2. The molecule has 2 aromatic rings. The summed E-state index contributed by atoms with van der Waals surface area (Å²) >= 11 is 0. The number of benzene rings is 2. The number of halogens is 4. The summed E-state index contributed by atoms with van der Waals surface area (Å²) in [5.41, 5.74) is 2.00.